The largest absolute Gasteiger partial charge is 0.484 e. The molecule has 24 heavy (non-hydrogen) atoms. The van der Waals surface area contributed by atoms with Gasteiger partial charge >= 0.3 is 5.97 Å². The number of rotatable bonds is 5. The highest BCUT2D eigenvalue weighted by atomic mass is 32.2. The first-order valence-corrected chi connectivity index (χ1v) is 8.39. The minimum atomic E-state index is -1.03. The number of thioether (sulfide) groups is 1. The molecule has 3 rings (SSSR count). The summed E-state index contributed by atoms with van der Waals surface area (Å²) in [6, 6.07) is 7.31. The summed E-state index contributed by atoms with van der Waals surface area (Å²) in [7, 11) is 0. The van der Waals surface area contributed by atoms with Gasteiger partial charge in [0.1, 0.15) is 23.2 Å². The van der Waals surface area contributed by atoms with E-state index in [-0.39, 0.29) is 17.9 Å². The van der Waals surface area contributed by atoms with E-state index in [4.69, 9.17) is 4.74 Å². The fourth-order valence-corrected chi connectivity index (χ4v) is 4.65. The van der Waals surface area contributed by atoms with Crippen molar-refractivity contribution >= 4 is 29.5 Å². The first-order chi connectivity index (χ1) is 11.3. The third kappa shape index (κ3) is 2.82. The molecule has 2 aliphatic heterocycles. The number of fused-ring (bicyclic) bond motifs is 1. The van der Waals surface area contributed by atoms with Crippen molar-refractivity contribution in [1.82, 2.24) is 10.2 Å². The topological polar surface area (TPSA) is 95.9 Å². The van der Waals surface area contributed by atoms with Crippen LogP contribution in [0.4, 0.5) is 0 Å². The van der Waals surface area contributed by atoms with Crippen molar-refractivity contribution in [3.05, 3.63) is 30.3 Å². The maximum atomic E-state index is 12.2. The fourth-order valence-electron chi connectivity index (χ4n) is 3.03. The molecule has 0 saturated carbocycles. The molecule has 0 radical (unpaired) electrons. The fraction of sp³-hybridized carbons (Fsp3) is 0.438. The Morgan fingerprint density at radius 3 is 2.62 bits per heavy atom. The number of ether oxygens (including phenoxy) is 1. The van der Waals surface area contributed by atoms with Crippen LogP contribution < -0.4 is 10.1 Å². The average molecular weight is 350 g/mol. The molecule has 2 aliphatic rings. The predicted octanol–water partition coefficient (Wildman–Crippen LogP) is 0.697. The quantitative estimate of drug-likeness (QED) is 0.759. The third-order valence-electron chi connectivity index (χ3n) is 4.10. The summed E-state index contributed by atoms with van der Waals surface area (Å²) in [5.74, 6) is -1.23. The average Bonchev–Trinajstić information content (AvgIpc) is 2.80. The van der Waals surface area contributed by atoms with Gasteiger partial charge in [0, 0.05) is 4.75 Å². The lowest BCUT2D eigenvalue weighted by Crippen LogP contribution is -2.70. The highest BCUT2D eigenvalue weighted by Crippen LogP contribution is 2.50. The van der Waals surface area contributed by atoms with Crippen LogP contribution in [0.3, 0.4) is 0 Å². The van der Waals surface area contributed by atoms with Crippen molar-refractivity contribution in [3.8, 4) is 5.75 Å². The lowest BCUT2D eigenvalue weighted by molar-refractivity contribution is -0.161. The zero-order valence-corrected chi connectivity index (χ0v) is 14.1. The molecule has 0 unspecified atom stereocenters. The van der Waals surface area contributed by atoms with Crippen LogP contribution in [0.2, 0.25) is 0 Å². The van der Waals surface area contributed by atoms with Crippen molar-refractivity contribution < 1.29 is 24.2 Å². The number of aliphatic carboxylic acids is 1. The van der Waals surface area contributed by atoms with Gasteiger partial charge in [-0.1, -0.05) is 18.2 Å². The number of nitrogens with zero attached hydrogens (tertiary/aromatic N) is 1. The number of carboxylic acids is 1. The van der Waals surface area contributed by atoms with Crippen molar-refractivity contribution in [2.24, 2.45) is 0 Å². The lowest BCUT2D eigenvalue weighted by atomic mass is 9.96. The van der Waals surface area contributed by atoms with E-state index in [0.717, 1.165) is 0 Å². The Morgan fingerprint density at radius 1 is 1.33 bits per heavy atom. The number of carboxylic acid groups (broad SMARTS) is 1. The number of nitrogens with one attached hydrogen (secondary N) is 1. The Balaban J connectivity index is 1.59. The summed E-state index contributed by atoms with van der Waals surface area (Å²) >= 11 is 1.39. The van der Waals surface area contributed by atoms with Crippen LogP contribution in [0, 0.1) is 0 Å². The molecule has 2 amide bonds. The van der Waals surface area contributed by atoms with Crippen LogP contribution in [0.15, 0.2) is 30.3 Å². The first kappa shape index (κ1) is 16.6. The van der Waals surface area contributed by atoms with Gasteiger partial charge in [0.25, 0.3) is 5.91 Å². The number of benzene rings is 1. The van der Waals surface area contributed by atoms with Gasteiger partial charge in [-0.15, -0.1) is 11.8 Å². The van der Waals surface area contributed by atoms with Crippen LogP contribution in [-0.4, -0.2) is 56.6 Å². The predicted molar refractivity (Wildman–Crippen MR) is 87.6 cm³/mol. The molecule has 0 spiro atoms. The van der Waals surface area contributed by atoms with E-state index in [1.807, 2.05) is 6.07 Å². The lowest BCUT2D eigenvalue weighted by Gasteiger charge is -2.43. The summed E-state index contributed by atoms with van der Waals surface area (Å²) in [6.07, 6.45) is 0. The van der Waals surface area contributed by atoms with Crippen LogP contribution in [0.1, 0.15) is 13.8 Å². The molecular formula is C16H18N2O5S. The number of amides is 2. The summed E-state index contributed by atoms with van der Waals surface area (Å²) in [4.78, 5) is 37.0. The molecule has 0 bridgehead atoms. The van der Waals surface area contributed by atoms with Gasteiger partial charge in [-0.05, 0) is 26.0 Å². The number of para-hydroxylation sites is 1. The van der Waals surface area contributed by atoms with Crippen molar-refractivity contribution in [2.75, 3.05) is 6.61 Å². The van der Waals surface area contributed by atoms with E-state index < -0.39 is 28.7 Å². The number of carbonyl (C=O) groups excluding carboxylic acids is 2. The number of hydrogen-bond acceptors (Lipinski definition) is 5. The van der Waals surface area contributed by atoms with E-state index in [1.54, 1.807) is 38.1 Å². The summed E-state index contributed by atoms with van der Waals surface area (Å²) in [5, 5.41) is 11.6. The molecule has 8 heteroatoms. The van der Waals surface area contributed by atoms with Gasteiger partial charge in [-0.25, -0.2) is 4.79 Å². The Bertz CT molecular complexity index is 678. The SMILES string of the molecule is CC1(C)S[C@H]2[C@H](NC(=O)COc3ccccc3)C(=O)N2[C@H]1C(=O)O. The Kier molecular flexibility index (Phi) is 4.16. The van der Waals surface area contributed by atoms with Gasteiger partial charge in [-0.2, -0.15) is 0 Å². The number of hydrogen-bond donors (Lipinski definition) is 2. The molecule has 2 heterocycles. The Hall–Kier alpha value is -2.22. The van der Waals surface area contributed by atoms with Crippen molar-refractivity contribution in [3.63, 3.8) is 0 Å². The maximum absolute atomic E-state index is 12.2. The summed E-state index contributed by atoms with van der Waals surface area (Å²) in [5.41, 5.74) is 0. The first-order valence-electron chi connectivity index (χ1n) is 7.51. The van der Waals surface area contributed by atoms with Crippen LogP contribution in [0.25, 0.3) is 0 Å². The number of β-lactam (4-membered cyclic amide) rings is 1. The van der Waals surface area contributed by atoms with E-state index in [0.29, 0.717) is 5.75 Å². The smallest absolute Gasteiger partial charge is 0.327 e. The van der Waals surface area contributed by atoms with E-state index in [1.165, 1.54) is 16.7 Å². The molecule has 0 aromatic heterocycles. The molecule has 7 nitrogen and oxygen atoms in total. The molecule has 2 N–H and O–H groups in total. The highest BCUT2D eigenvalue weighted by Gasteiger charge is 2.64. The van der Waals surface area contributed by atoms with Crippen molar-refractivity contribution in [2.45, 2.75) is 36.1 Å². The molecule has 1 aromatic carbocycles. The monoisotopic (exact) mass is 350 g/mol. The Labute approximate surface area is 143 Å². The van der Waals surface area contributed by atoms with E-state index in [2.05, 4.69) is 5.32 Å². The molecule has 2 saturated heterocycles. The molecular weight excluding hydrogens is 332 g/mol. The van der Waals surface area contributed by atoms with Gasteiger partial charge < -0.3 is 20.1 Å². The van der Waals surface area contributed by atoms with Crippen LogP contribution >= 0.6 is 11.8 Å². The minimum absolute atomic E-state index is 0.197. The van der Waals surface area contributed by atoms with Gasteiger partial charge in [0.2, 0.25) is 5.91 Å². The zero-order valence-electron chi connectivity index (χ0n) is 13.3. The third-order valence-corrected chi connectivity index (χ3v) is 5.68. The molecule has 0 aliphatic carbocycles. The molecule has 2 fully saturated rings. The van der Waals surface area contributed by atoms with E-state index in [9.17, 15) is 19.5 Å². The second-order valence-corrected chi connectivity index (χ2v) is 8.02. The van der Waals surface area contributed by atoms with Gasteiger partial charge in [0.15, 0.2) is 6.61 Å². The molecule has 3 atom stereocenters. The summed E-state index contributed by atoms with van der Waals surface area (Å²) < 4.78 is 4.74. The normalized spacial score (nSPS) is 27.2. The zero-order chi connectivity index (χ0) is 17.5. The second-order valence-electron chi connectivity index (χ2n) is 6.25. The second kappa shape index (κ2) is 6.01. The standard InChI is InChI=1S/C16H18N2O5S/c1-16(2)12(15(21)22)18-13(20)11(14(18)24-16)17-10(19)8-23-9-6-4-3-5-7-9/h3-7,11-12,14H,8H2,1-2H3,(H,17,19)(H,21,22)/t11-,12+,14+/m1/s1. The Morgan fingerprint density at radius 2 is 2.00 bits per heavy atom. The highest BCUT2D eigenvalue weighted by molar-refractivity contribution is 8.01. The van der Waals surface area contributed by atoms with Gasteiger partial charge in [0.05, 0.1) is 0 Å². The molecule has 1 aromatic rings. The summed E-state index contributed by atoms with van der Waals surface area (Å²) in [6.45, 7) is 3.38. The molecule has 128 valence electrons. The van der Waals surface area contributed by atoms with E-state index >= 15 is 0 Å². The van der Waals surface area contributed by atoms with Gasteiger partial charge in [-0.3, -0.25) is 9.59 Å². The minimum Gasteiger partial charge on any atom is -0.484 e. The maximum Gasteiger partial charge on any atom is 0.327 e. The van der Waals surface area contributed by atoms with Crippen LogP contribution in [0.5, 0.6) is 5.75 Å². The van der Waals surface area contributed by atoms with Crippen LogP contribution in [-0.2, 0) is 14.4 Å². The number of carbonyl (C=O) groups is 3. The van der Waals surface area contributed by atoms with Crippen molar-refractivity contribution in [1.29, 1.82) is 0 Å².